The van der Waals surface area contributed by atoms with E-state index in [0.717, 1.165) is 16.7 Å². The number of aromatic nitrogens is 1. The van der Waals surface area contributed by atoms with Crippen LogP contribution in [0, 0.1) is 0 Å². The van der Waals surface area contributed by atoms with Crippen LogP contribution in [0.1, 0.15) is 11.3 Å². The molecule has 1 aromatic carbocycles. The predicted molar refractivity (Wildman–Crippen MR) is 84.0 cm³/mol. The summed E-state index contributed by atoms with van der Waals surface area (Å²) in [6.45, 7) is 0.891. The van der Waals surface area contributed by atoms with E-state index in [2.05, 4.69) is 70.3 Å². The van der Waals surface area contributed by atoms with Crippen molar-refractivity contribution < 1.29 is 0 Å². The molecule has 0 spiro atoms. The van der Waals surface area contributed by atoms with Crippen molar-refractivity contribution >= 4 is 21.5 Å². The third-order valence-electron chi connectivity index (χ3n) is 2.76. The Balaban J connectivity index is 2.40. The van der Waals surface area contributed by atoms with Gasteiger partial charge in [0.15, 0.2) is 0 Å². The van der Waals surface area contributed by atoms with Crippen LogP contribution in [0.2, 0.25) is 0 Å². The molecule has 0 saturated carbocycles. The Bertz CT molecular complexity index is 545. The molecule has 0 bridgehead atoms. The van der Waals surface area contributed by atoms with Crippen LogP contribution >= 0.6 is 15.9 Å². The molecular weight excluding hydrogens is 300 g/mol. The van der Waals surface area contributed by atoms with Crippen LogP contribution in [0.5, 0.6) is 0 Å². The van der Waals surface area contributed by atoms with Crippen LogP contribution < -0.4 is 0 Å². The van der Waals surface area contributed by atoms with Gasteiger partial charge in [-0.25, -0.2) is 0 Å². The molecule has 2 rings (SSSR count). The minimum absolute atomic E-state index is 0.891. The zero-order valence-corrected chi connectivity index (χ0v) is 12.8. The minimum Gasteiger partial charge on any atom is -0.306 e. The molecule has 98 valence electrons. The first-order chi connectivity index (χ1) is 9.16. The van der Waals surface area contributed by atoms with E-state index in [4.69, 9.17) is 0 Å². The van der Waals surface area contributed by atoms with E-state index in [0.29, 0.717) is 0 Å². The molecule has 0 aliphatic carbocycles. The molecule has 1 heterocycles. The number of benzene rings is 1. The van der Waals surface area contributed by atoms with Crippen molar-refractivity contribution in [3.05, 3.63) is 70.5 Å². The van der Waals surface area contributed by atoms with Gasteiger partial charge in [0.05, 0.1) is 5.69 Å². The van der Waals surface area contributed by atoms with Gasteiger partial charge in [-0.15, -0.1) is 0 Å². The van der Waals surface area contributed by atoms with Crippen LogP contribution in [-0.4, -0.2) is 30.5 Å². The Morgan fingerprint density at radius 3 is 2.47 bits per heavy atom. The van der Waals surface area contributed by atoms with E-state index in [9.17, 15) is 0 Å². The monoisotopic (exact) mass is 316 g/mol. The van der Waals surface area contributed by atoms with Gasteiger partial charge in [0.2, 0.25) is 0 Å². The van der Waals surface area contributed by atoms with Crippen LogP contribution in [0.4, 0.5) is 0 Å². The van der Waals surface area contributed by atoms with Gasteiger partial charge >= 0.3 is 0 Å². The number of nitrogens with zero attached hydrogens (tertiary/aromatic N) is 2. The molecule has 0 fully saturated rings. The smallest absolute Gasteiger partial charge is 0.0705 e. The summed E-state index contributed by atoms with van der Waals surface area (Å²) in [6, 6.07) is 14.3. The molecular formula is C16H17BrN2. The van der Waals surface area contributed by atoms with Gasteiger partial charge in [-0.05, 0) is 43.9 Å². The summed E-state index contributed by atoms with van der Waals surface area (Å²) in [5.41, 5.74) is 3.36. The standard InChI is InChI=1S/C16H17BrN2/c1-19(2)12-10-15(16-5-3-4-11-18-16)13-6-8-14(17)9-7-13/h3-11H,12H2,1-2H3. The van der Waals surface area contributed by atoms with Gasteiger partial charge in [-0.3, -0.25) is 4.98 Å². The molecule has 0 radical (unpaired) electrons. The summed E-state index contributed by atoms with van der Waals surface area (Å²) in [7, 11) is 4.13. The average molecular weight is 317 g/mol. The molecule has 0 atom stereocenters. The van der Waals surface area contributed by atoms with Gasteiger partial charge in [0.1, 0.15) is 0 Å². The normalized spacial score (nSPS) is 11.9. The number of rotatable bonds is 4. The zero-order valence-electron chi connectivity index (χ0n) is 11.2. The van der Waals surface area contributed by atoms with E-state index in [1.165, 1.54) is 11.1 Å². The highest BCUT2D eigenvalue weighted by atomic mass is 79.9. The first-order valence-corrected chi connectivity index (χ1v) is 6.98. The fraction of sp³-hybridized carbons (Fsp3) is 0.188. The summed E-state index contributed by atoms with van der Waals surface area (Å²) in [5, 5.41) is 0. The summed E-state index contributed by atoms with van der Waals surface area (Å²) in [4.78, 5) is 6.60. The quantitative estimate of drug-likeness (QED) is 0.852. The van der Waals surface area contributed by atoms with Crippen molar-refractivity contribution in [2.24, 2.45) is 0 Å². The van der Waals surface area contributed by atoms with Crippen LogP contribution in [0.3, 0.4) is 0 Å². The van der Waals surface area contributed by atoms with Gasteiger partial charge in [-0.2, -0.15) is 0 Å². The Hall–Kier alpha value is -1.45. The molecule has 2 nitrogen and oxygen atoms in total. The topological polar surface area (TPSA) is 16.1 Å². The Morgan fingerprint density at radius 1 is 1.16 bits per heavy atom. The minimum atomic E-state index is 0.891. The van der Waals surface area contributed by atoms with Crippen molar-refractivity contribution in [1.29, 1.82) is 0 Å². The van der Waals surface area contributed by atoms with Crippen molar-refractivity contribution in [2.75, 3.05) is 20.6 Å². The largest absolute Gasteiger partial charge is 0.306 e. The van der Waals surface area contributed by atoms with E-state index in [1.54, 1.807) is 0 Å². The molecule has 2 aromatic rings. The maximum absolute atomic E-state index is 4.46. The Morgan fingerprint density at radius 2 is 1.89 bits per heavy atom. The van der Waals surface area contributed by atoms with Crippen molar-refractivity contribution in [1.82, 2.24) is 9.88 Å². The summed E-state index contributed by atoms with van der Waals surface area (Å²) in [5.74, 6) is 0. The highest BCUT2D eigenvalue weighted by molar-refractivity contribution is 9.10. The summed E-state index contributed by atoms with van der Waals surface area (Å²) >= 11 is 3.47. The van der Waals surface area contributed by atoms with Crippen molar-refractivity contribution in [3.8, 4) is 0 Å². The molecule has 0 aliphatic rings. The molecule has 1 aromatic heterocycles. The van der Waals surface area contributed by atoms with Crippen LogP contribution in [-0.2, 0) is 0 Å². The Kier molecular flexibility index (Phi) is 4.88. The number of pyridine rings is 1. The van der Waals surface area contributed by atoms with Gasteiger partial charge in [0.25, 0.3) is 0 Å². The maximum atomic E-state index is 4.46. The predicted octanol–water partition coefficient (Wildman–Crippen LogP) is 3.84. The van der Waals surface area contributed by atoms with E-state index >= 15 is 0 Å². The third-order valence-corrected chi connectivity index (χ3v) is 3.29. The summed E-state index contributed by atoms with van der Waals surface area (Å²) < 4.78 is 1.09. The Labute approximate surface area is 122 Å². The second kappa shape index (κ2) is 6.64. The second-order valence-corrected chi connectivity index (χ2v) is 5.52. The lowest BCUT2D eigenvalue weighted by Crippen LogP contribution is -2.11. The van der Waals surface area contributed by atoms with Crippen molar-refractivity contribution in [3.63, 3.8) is 0 Å². The van der Waals surface area contributed by atoms with E-state index < -0.39 is 0 Å². The van der Waals surface area contributed by atoms with Gasteiger partial charge < -0.3 is 4.90 Å². The van der Waals surface area contributed by atoms with E-state index in [-0.39, 0.29) is 0 Å². The highest BCUT2D eigenvalue weighted by Gasteiger charge is 2.06. The lowest BCUT2D eigenvalue weighted by Gasteiger charge is -2.11. The second-order valence-electron chi connectivity index (χ2n) is 4.60. The van der Waals surface area contributed by atoms with Gasteiger partial charge in [0, 0.05) is 22.8 Å². The maximum Gasteiger partial charge on any atom is 0.0705 e. The summed E-state index contributed by atoms with van der Waals surface area (Å²) in [6.07, 6.45) is 4.04. The number of halogens is 1. The SMILES string of the molecule is CN(C)CC=C(c1ccc(Br)cc1)c1ccccn1. The van der Waals surface area contributed by atoms with Crippen LogP contribution in [0.15, 0.2) is 59.2 Å². The number of hydrogen-bond acceptors (Lipinski definition) is 2. The molecule has 19 heavy (non-hydrogen) atoms. The zero-order chi connectivity index (χ0) is 13.7. The fourth-order valence-corrected chi connectivity index (χ4v) is 2.06. The molecule has 0 aliphatic heterocycles. The third kappa shape index (κ3) is 4.01. The average Bonchev–Trinajstić information content (AvgIpc) is 2.42. The molecule has 0 saturated heterocycles. The number of likely N-dealkylation sites (N-methyl/N-ethyl adjacent to an activating group) is 1. The first kappa shape index (κ1) is 14.0. The lowest BCUT2D eigenvalue weighted by atomic mass is 10.0. The lowest BCUT2D eigenvalue weighted by molar-refractivity contribution is 0.457. The molecule has 0 N–H and O–H groups in total. The van der Waals surface area contributed by atoms with Crippen molar-refractivity contribution in [2.45, 2.75) is 0 Å². The van der Waals surface area contributed by atoms with E-state index in [1.807, 2.05) is 24.4 Å². The fourth-order valence-electron chi connectivity index (χ4n) is 1.80. The molecule has 3 heteroatoms. The number of hydrogen-bond donors (Lipinski definition) is 0. The van der Waals surface area contributed by atoms with Gasteiger partial charge in [-0.1, -0.05) is 40.2 Å². The molecule has 0 amide bonds. The first-order valence-electron chi connectivity index (χ1n) is 6.19. The highest BCUT2D eigenvalue weighted by Crippen LogP contribution is 2.23. The molecule has 0 unspecified atom stereocenters. The van der Waals surface area contributed by atoms with Crippen LogP contribution in [0.25, 0.3) is 5.57 Å².